The molecular formula is C20H25N3O3. The summed E-state index contributed by atoms with van der Waals surface area (Å²) < 4.78 is 11.2. The molecule has 0 radical (unpaired) electrons. The van der Waals surface area contributed by atoms with E-state index in [0.29, 0.717) is 24.6 Å². The summed E-state index contributed by atoms with van der Waals surface area (Å²) in [7, 11) is 1.71. The number of benzene rings is 1. The predicted molar refractivity (Wildman–Crippen MR) is 99.5 cm³/mol. The van der Waals surface area contributed by atoms with Crippen molar-refractivity contribution in [2.75, 3.05) is 33.4 Å². The lowest BCUT2D eigenvalue weighted by Crippen LogP contribution is -2.47. The van der Waals surface area contributed by atoms with Crippen LogP contribution >= 0.6 is 0 Å². The van der Waals surface area contributed by atoms with Crippen molar-refractivity contribution >= 4 is 5.91 Å². The maximum atomic E-state index is 12.6. The normalized spacial score (nSPS) is 16.0. The van der Waals surface area contributed by atoms with Gasteiger partial charge in [-0.15, -0.1) is 0 Å². The second kappa shape index (κ2) is 8.78. The van der Waals surface area contributed by atoms with Gasteiger partial charge >= 0.3 is 0 Å². The number of nitrogens with one attached hydrogen (secondary N) is 2. The molecule has 0 spiro atoms. The van der Waals surface area contributed by atoms with Gasteiger partial charge in [0.2, 0.25) is 0 Å². The standard InChI is InChI=1S/C20H25N3O3/c1-25-15-20(8-11-21-12-9-20)14-23-19(24)18-13-17(7-10-22-18)26-16-5-3-2-4-6-16/h2-7,10,13,21H,8-9,11-12,14-15H2,1H3,(H,23,24). The first-order chi connectivity index (χ1) is 12.7. The number of ether oxygens (including phenoxy) is 2. The van der Waals surface area contributed by atoms with Gasteiger partial charge in [-0.1, -0.05) is 18.2 Å². The molecule has 0 unspecified atom stereocenters. The number of pyridine rings is 1. The average molecular weight is 355 g/mol. The minimum absolute atomic E-state index is 0.0200. The van der Waals surface area contributed by atoms with E-state index in [1.165, 1.54) is 0 Å². The Bertz CT molecular complexity index is 710. The fourth-order valence-electron chi connectivity index (χ4n) is 3.22. The van der Waals surface area contributed by atoms with Crippen molar-refractivity contribution in [2.45, 2.75) is 12.8 Å². The SMILES string of the molecule is COCC1(CNC(=O)c2cc(Oc3ccccc3)ccn2)CCNCC1. The van der Waals surface area contributed by atoms with Crippen LogP contribution in [0.15, 0.2) is 48.7 Å². The molecule has 1 aliphatic rings. The number of carbonyl (C=O) groups excluding carboxylic acids is 1. The number of piperidine rings is 1. The van der Waals surface area contributed by atoms with Crippen LogP contribution in [0.4, 0.5) is 0 Å². The maximum Gasteiger partial charge on any atom is 0.270 e. The van der Waals surface area contributed by atoms with Crippen LogP contribution in [0.3, 0.4) is 0 Å². The van der Waals surface area contributed by atoms with Crippen molar-refractivity contribution in [2.24, 2.45) is 5.41 Å². The predicted octanol–water partition coefficient (Wildman–Crippen LogP) is 2.62. The first-order valence-electron chi connectivity index (χ1n) is 8.88. The summed E-state index contributed by atoms with van der Waals surface area (Å²) in [5.74, 6) is 1.11. The van der Waals surface area contributed by atoms with E-state index in [9.17, 15) is 4.79 Å². The molecule has 1 aromatic heterocycles. The Morgan fingerprint density at radius 3 is 2.69 bits per heavy atom. The molecule has 2 aromatic rings. The van der Waals surface area contributed by atoms with E-state index in [0.717, 1.165) is 31.7 Å². The highest BCUT2D eigenvalue weighted by atomic mass is 16.5. The van der Waals surface area contributed by atoms with Crippen LogP contribution in [0.25, 0.3) is 0 Å². The van der Waals surface area contributed by atoms with Gasteiger partial charge in [0.05, 0.1) is 6.61 Å². The highest BCUT2D eigenvalue weighted by Crippen LogP contribution is 2.28. The quantitative estimate of drug-likeness (QED) is 0.799. The summed E-state index contributed by atoms with van der Waals surface area (Å²) in [4.78, 5) is 16.7. The average Bonchev–Trinajstić information content (AvgIpc) is 2.68. The minimum atomic E-state index is -0.197. The minimum Gasteiger partial charge on any atom is -0.457 e. The van der Waals surface area contributed by atoms with E-state index >= 15 is 0 Å². The molecular weight excluding hydrogens is 330 g/mol. The zero-order valence-corrected chi connectivity index (χ0v) is 15.0. The number of aromatic nitrogens is 1. The number of amides is 1. The molecule has 6 nitrogen and oxygen atoms in total. The smallest absolute Gasteiger partial charge is 0.270 e. The molecule has 0 bridgehead atoms. The van der Waals surface area contributed by atoms with Gasteiger partial charge in [-0.2, -0.15) is 0 Å². The van der Waals surface area contributed by atoms with Gasteiger partial charge in [0, 0.05) is 31.3 Å². The number of methoxy groups -OCH3 is 1. The molecule has 0 aliphatic carbocycles. The second-order valence-corrected chi connectivity index (χ2v) is 6.66. The summed E-state index contributed by atoms with van der Waals surface area (Å²) in [6.07, 6.45) is 3.54. The molecule has 2 heterocycles. The van der Waals surface area contributed by atoms with Crippen molar-refractivity contribution in [1.82, 2.24) is 15.6 Å². The lowest BCUT2D eigenvalue weighted by Gasteiger charge is -2.37. The van der Waals surface area contributed by atoms with Gasteiger partial charge in [0.15, 0.2) is 0 Å². The lowest BCUT2D eigenvalue weighted by atomic mass is 9.79. The highest BCUT2D eigenvalue weighted by Gasteiger charge is 2.32. The largest absolute Gasteiger partial charge is 0.457 e. The molecule has 0 atom stereocenters. The van der Waals surface area contributed by atoms with Crippen LogP contribution in [0, 0.1) is 5.41 Å². The van der Waals surface area contributed by atoms with Gasteiger partial charge in [-0.25, -0.2) is 0 Å². The zero-order chi connectivity index (χ0) is 18.2. The van der Waals surface area contributed by atoms with E-state index in [2.05, 4.69) is 15.6 Å². The number of hydrogen-bond acceptors (Lipinski definition) is 5. The first-order valence-corrected chi connectivity index (χ1v) is 8.88. The zero-order valence-electron chi connectivity index (χ0n) is 15.0. The molecule has 26 heavy (non-hydrogen) atoms. The maximum absolute atomic E-state index is 12.6. The van der Waals surface area contributed by atoms with Gasteiger partial charge < -0.3 is 20.1 Å². The van der Waals surface area contributed by atoms with Crippen LogP contribution in [0.5, 0.6) is 11.5 Å². The molecule has 1 saturated heterocycles. The van der Waals surface area contributed by atoms with Crippen molar-refractivity contribution in [3.05, 3.63) is 54.4 Å². The van der Waals surface area contributed by atoms with Crippen LogP contribution in [-0.2, 0) is 4.74 Å². The van der Waals surface area contributed by atoms with Crippen molar-refractivity contribution in [3.8, 4) is 11.5 Å². The van der Waals surface area contributed by atoms with Crippen molar-refractivity contribution in [1.29, 1.82) is 0 Å². The molecule has 1 fully saturated rings. The topological polar surface area (TPSA) is 72.5 Å². The van der Waals surface area contributed by atoms with Gasteiger partial charge in [0.25, 0.3) is 5.91 Å². The Labute approximate surface area is 153 Å². The summed E-state index contributed by atoms with van der Waals surface area (Å²) in [6.45, 7) is 3.10. The van der Waals surface area contributed by atoms with Crippen LogP contribution in [0.2, 0.25) is 0 Å². The van der Waals surface area contributed by atoms with Gasteiger partial charge in [-0.3, -0.25) is 9.78 Å². The second-order valence-electron chi connectivity index (χ2n) is 6.66. The monoisotopic (exact) mass is 355 g/mol. The molecule has 1 aromatic carbocycles. The van der Waals surface area contributed by atoms with E-state index in [-0.39, 0.29) is 11.3 Å². The molecule has 0 saturated carbocycles. The molecule has 3 rings (SSSR count). The summed E-state index contributed by atoms with van der Waals surface area (Å²) >= 11 is 0. The first kappa shape index (κ1) is 18.4. The number of para-hydroxylation sites is 1. The van der Waals surface area contributed by atoms with Crippen LogP contribution < -0.4 is 15.4 Å². The van der Waals surface area contributed by atoms with Crippen LogP contribution in [-0.4, -0.2) is 44.2 Å². The van der Waals surface area contributed by atoms with Gasteiger partial charge in [-0.05, 0) is 44.1 Å². The summed E-state index contributed by atoms with van der Waals surface area (Å²) in [5.41, 5.74) is 0.327. The Kier molecular flexibility index (Phi) is 6.20. The Morgan fingerprint density at radius 2 is 1.96 bits per heavy atom. The molecule has 1 amide bonds. The molecule has 2 N–H and O–H groups in total. The third kappa shape index (κ3) is 4.80. The van der Waals surface area contributed by atoms with Crippen molar-refractivity contribution < 1.29 is 14.3 Å². The fourth-order valence-corrected chi connectivity index (χ4v) is 3.22. The van der Waals surface area contributed by atoms with E-state index in [1.54, 1.807) is 25.4 Å². The van der Waals surface area contributed by atoms with E-state index < -0.39 is 0 Å². The van der Waals surface area contributed by atoms with E-state index in [1.807, 2.05) is 30.3 Å². The number of nitrogens with zero attached hydrogens (tertiary/aromatic N) is 1. The number of rotatable bonds is 7. The highest BCUT2D eigenvalue weighted by molar-refractivity contribution is 5.92. The third-order valence-electron chi connectivity index (χ3n) is 4.68. The number of hydrogen-bond donors (Lipinski definition) is 2. The number of carbonyl (C=O) groups is 1. The summed E-state index contributed by atoms with van der Waals surface area (Å²) in [6, 6.07) is 12.9. The lowest BCUT2D eigenvalue weighted by molar-refractivity contribution is 0.0510. The molecule has 138 valence electrons. The van der Waals surface area contributed by atoms with Crippen molar-refractivity contribution in [3.63, 3.8) is 0 Å². The van der Waals surface area contributed by atoms with Crippen LogP contribution in [0.1, 0.15) is 23.3 Å². The third-order valence-corrected chi connectivity index (χ3v) is 4.68. The molecule has 6 heteroatoms. The Balaban J connectivity index is 1.63. The molecule has 1 aliphatic heterocycles. The summed E-state index contributed by atoms with van der Waals surface area (Å²) in [5, 5.41) is 6.37. The Hall–Kier alpha value is -2.44. The van der Waals surface area contributed by atoms with E-state index in [4.69, 9.17) is 9.47 Å². The Morgan fingerprint density at radius 1 is 1.19 bits per heavy atom. The van der Waals surface area contributed by atoms with Gasteiger partial charge in [0.1, 0.15) is 17.2 Å². The fraction of sp³-hybridized carbons (Fsp3) is 0.400.